The topological polar surface area (TPSA) is 48.1 Å². The lowest BCUT2D eigenvalue weighted by Crippen LogP contribution is -2.35. The zero-order valence-corrected chi connectivity index (χ0v) is 14.3. The van der Waals surface area contributed by atoms with Gasteiger partial charge in [0, 0.05) is 30.2 Å². The van der Waals surface area contributed by atoms with Gasteiger partial charge >= 0.3 is 0 Å². The molecule has 0 atom stereocenters. The molecule has 130 valence electrons. The summed E-state index contributed by atoms with van der Waals surface area (Å²) >= 11 is 0. The smallest absolute Gasteiger partial charge is 0.234 e. The number of hydrogen-bond acceptors (Lipinski definition) is 2. The SMILES string of the molecule is CN(CC(=O)NCCc1c[nH]c2ccccc12)Cc1ccc(F)cc1. The van der Waals surface area contributed by atoms with E-state index in [0.29, 0.717) is 19.6 Å². The van der Waals surface area contributed by atoms with Crippen LogP contribution in [0.3, 0.4) is 0 Å². The summed E-state index contributed by atoms with van der Waals surface area (Å²) in [6.45, 7) is 1.52. The van der Waals surface area contributed by atoms with Crippen molar-refractivity contribution >= 4 is 16.8 Å². The van der Waals surface area contributed by atoms with Gasteiger partial charge in [0.2, 0.25) is 5.91 Å². The summed E-state index contributed by atoms with van der Waals surface area (Å²) < 4.78 is 12.9. The van der Waals surface area contributed by atoms with Gasteiger partial charge in [0.25, 0.3) is 0 Å². The monoisotopic (exact) mass is 339 g/mol. The molecular weight excluding hydrogens is 317 g/mol. The average Bonchev–Trinajstić information content (AvgIpc) is 3.00. The second-order valence-corrected chi connectivity index (χ2v) is 6.26. The Bertz CT molecular complexity index is 842. The van der Waals surface area contributed by atoms with E-state index >= 15 is 0 Å². The first kappa shape index (κ1) is 17.2. The van der Waals surface area contributed by atoms with E-state index in [1.54, 1.807) is 12.1 Å². The number of nitrogens with one attached hydrogen (secondary N) is 2. The molecule has 0 aliphatic carbocycles. The van der Waals surface area contributed by atoms with E-state index < -0.39 is 0 Å². The Hall–Kier alpha value is -2.66. The molecule has 0 saturated carbocycles. The molecule has 0 spiro atoms. The van der Waals surface area contributed by atoms with Crippen molar-refractivity contribution in [2.45, 2.75) is 13.0 Å². The van der Waals surface area contributed by atoms with Gasteiger partial charge in [0.15, 0.2) is 0 Å². The van der Waals surface area contributed by atoms with Gasteiger partial charge in [0.1, 0.15) is 5.82 Å². The van der Waals surface area contributed by atoms with Crippen LogP contribution in [0.4, 0.5) is 4.39 Å². The van der Waals surface area contributed by atoms with Crippen LogP contribution in [0.1, 0.15) is 11.1 Å². The number of H-pyrrole nitrogens is 1. The fraction of sp³-hybridized carbons (Fsp3) is 0.250. The molecule has 1 aromatic heterocycles. The predicted octanol–water partition coefficient (Wildman–Crippen LogP) is 3.10. The van der Waals surface area contributed by atoms with Gasteiger partial charge in [0.05, 0.1) is 6.54 Å². The molecule has 0 aliphatic heterocycles. The van der Waals surface area contributed by atoms with Gasteiger partial charge in [-0.05, 0) is 42.8 Å². The van der Waals surface area contributed by atoms with Gasteiger partial charge in [-0.2, -0.15) is 0 Å². The van der Waals surface area contributed by atoms with E-state index in [1.165, 1.54) is 23.1 Å². The fourth-order valence-electron chi connectivity index (χ4n) is 2.93. The van der Waals surface area contributed by atoms with Crippen molar-refractivity contribution in [2.24, 2.45) is 0 Å². The van der Waals surface area contributed by atoms with Gasteiger partial charge in [-0.3, -0.25) is 9.69 Å². The molecule has 3 aromatic rings. The minimum absolute atomic E-state index is 0.00977. The second-order valence-electron chi connectivity index (χ2n) is 6.26. The molecule has 2 aromatic carbocycles. The molecule has 0 unspecified atom stereocenters. The molecule has 1 heterocycles. The number of amides is 1. The number of benzene rings is 2. The number of nitrogens with zero attached hydrogens (tertiary/aromatic N) is 1. The molecule has 0 bridgehead atoms. The number of para-hydroxylation sites is 1. The highest BCUT2D eigenvalue weighted by Gasteiger charge is 2.08. The Morgan fingerprint density at radius 2 is 1.92 bits per heavy atom. The maximum Gasteiger partial charge on any atom is 0.234 e. The highest BCUT2D eigenvalue weighted by atomic mass is 19.1. The third-order valence-electron chi connectivity index (χ3n) is 4.17. The first-order valence-corrected chi connectivity index (χ1v) is 8.36. The van der Waals surface area contributed by atoms with E-state index in [-0.39, 0.29) is 11.7 Å². The zero-order chi connectivity index (χ0) is 17.6. The van der Waals surface area contributed by atoms with E-state index in [1.807, 2.05) is 36.3 Å². The van der Waals surface area contributed by atoms with Crippen LogP contribution in [0.25, 0.3) is 10.9 Å². The molecule has 0 radical (unpaired) electrons. The average molecular weight is 339 g/mol. The molecule has 0 saturated heterocycles. The number of aromatic amines is 1. The van der Waals surface area contributed by atoms with Crippen molar-refractivity contribution < 1.29 is 9.18 Å². The quantitative estimate of drug-likeness (QED) is 0.695. The number of aromatic nitrogens is 1. The Kier molecular flexibility index (Phi) is 5.46. The molecule has 0 aliphatic rings. The number of hydrogen-bond donors (Lipinski definition) is 2. The fourth-order valence-corrected chi connectivity index (χ4v) is 2.93. The highest BCUT2D eigenvalue weighted by Crippen LogP contribution is 2.17. The van der Waals surface area contributed by atoms with Crippen molar-refractivity contribution in [3.05, 3.63) is 71.7 Å². The van der Waals surface area contributed by atoms with Gasteiger partial charge < -0.3 is 10.3 Å². The molecule has 4 nitrogen and oxygen atoms in total. The molecule has 25 heavy (non-hydrogen) atoms. The molecule has 0 fully saturated rings. The van der Waals surface area contributed by atoms with Crippen molar-refractivity contribution in [3.8, 4) is 0 Å². The van der Waals surface area contributed by atoms with Gasteiger partial charge in [-0.1, -0.05) is 30.3 Å². The molecule has 2 N–H and O–H groups in total. The number of rotatable bonds is 7. The summed E-state index contributed by atoms with van der Waals surface area (Å²) in [6, 6.07) is 14.5. The molecule has 3 rings (SSSR count). The largest absolute Gasteiger partial charge is 0.361 e. The Morgan fingerprint density at radius 1 is 1.16 bits per heavy atom. The number of likely N-dealkylation sites (N-methyl/N-ethyl adjacent to an activating group) is 1. The summed E-state index contributed by atoms with van der Waals surface area (Å²) in [7, 11) is 1.88. The maximum atomic E-state index is 12.9. The lowest BCUT2D eigenvalue weighted by molar-refractivity contribution is -0.122. The lowest BCUT2D eigenvalue weighted by Gasteiger charge is -2.16. The van der Waals surface area contributed by atoms with Crippen LogP contribution in [-0.2, 0) is 17.8 Å². The second kappa shape index (κ2) is 7.94. The molecule has 5 heteroatoms. The minimum atomic E-state index is -0.249. The first-order chi connectivity index (χ1) is 12.1. The Labute approximate surface area is 146 Å². The Balaban J connectivity index is 1.44. The predicted molar refractivity (Wildman–Crippen MR) is 97.7 cm³/mol. The van der Waals surface area contributed by atoms with Crippen molar-refractivity contribution in [1.82, 2.24) is 15.2 Å². The number of carbonyl (C=O) groups is 1. The minimum Gasteiger partial charge on any atom is -0.361 e. The standard InChI is InChI=1S/C20H22FN3O/c1-24(13-15-6-8-17(21)9-7-15)14-20(25)22-11-10-16-12-23-19-5-3-2-4-18(16)19/h2-9,12,23H,10-11,13-14H2,1H3,(H,22,25). The van der Waals surface area contributed by atoms with Crippen LogP contribution < -0.4 is 5.32 Å². The summed E-state index contributed by atoms with van der Waals surface area (Å²) in [5.74, 6) is -0.258. The summed E-state index contributed by atoms with van der Waals surface area (Å²) in [5, 5.41) is 4.16. The van der Waals surface area contributed by atoms with Crippen molar-refractivity contribution in [3.63, 3.8) is 0 Å². The molecule has 1 amide bonds. The van der Waals surface area contributed by atoms with Gasteiger partial charge in [-0.15, -0.1) is 0 Å². The van der Waals surface area contributed by atoms with Crippen molar-refractivity contribution in [1.29, 1.82) is 0 Å². The van der Waals surface area contributed by atoms with Crippen LogP contribution in [0, 0.1) is 5.82 Å². The maximum absolute atomic E-state index is 12.9. The van der Waals surface area contributed by atoms with Crippen LogP contribution in [0.15, 0.2) is 54.7 Å². The lowest BCUT2D eigenvalue weighted by atomic mass is 10.1. The van der Waals surface area contributed by atoms with Crippen LogP contribution >= 0.6 is 0 Å². The number of halogens is 1. The third kappa shape index (κ3) is 4.67. The zero-order valence-electron chi connectivity index (χ0n) is 14.3. The van der Waals surface area contributed by atoms with Crippen molar-refractivity contribution in [2.75, 3.05) is 20.1 Å². The molecular formula is C20H22FN3O. The van der Waals surface area contributed by atoms with E-state index in [2.05, 4.69) is 16.4 Å². The normalized spacial score (nSPS) is 11.2. The highest BCUT2D eigenvalue weighted by molar-refractivity contribution is 5.83. The van der Waals surface area contributed by atoms with Crippen LogP contribution in [0.5, 0.6) is 0 Å². The third-order valence-corrected chi connectivity index (χ3v) is 4.17. The Morgan fingerprint density at radius 3 is 2.72 bits per heavy atom. The van der Waals surface area contributed by atoms with E-state index in [4.69, 9.17) is 0 Å². The number of fused-ring (bicyclic) bond motifs is 1. The summed E-state index contributed by atoms with van der Waals surface area (Å²) in [4.78, 5) is 17.2. The number of carbonyl (C=O) groups excluding carboxylic acids is 1. The summed E-state index contributed by atoms with van der Waals surface area (Å²) in [6.07, 6.45) is 2.79. The van der Waals surface area contributed by atoms with Crippen LogP contribution in [-0.4, -0.2) is 35.9 Å². The van der Waals surface area contributed by atoms with Crippen LogP contribution in [0.2, 0.25) is 0 Å². The van der Waals surface area contributed by atoms with E-state index in [0.717, 1.165) is 17.5 Å². The van der Waals surface area contributed by atoms with E-state index in [9.17, 15) is 9.18 Å². The van der Waals surface area contributed by atoms with Gasteiger partial charge in [-0.25, -0.2) is 4.39 Å². The summed E-state index contributed by atoms with van der Waals surface area (Å²) in [5.41, 5.74) is 3.30. The first-order valence-electron chi connectivity index (χ1n) is 8.36.